The molecule has 2 aliphatic rings. The Kier molecular flexibility index (Phi) is 5.74. The average molecular weight is 398 g/mol. The third kappa shape index (κ3) is 4.09. The van der Waals surface area contributed by atoms with Crippen LogP contribution in [0.15, 0.2) is 34.7 Å². The van der Waals surface area contributed by atoms with Gasteiger partial charge in [0.2, 0.25) is 11.8 Å². The topological polar surface area (TPSA) is 58.8 Å². The summed E-state index contributed by atoms with van der Waals surface area (Å²) in [6.45, 7) is 3.55. The standard InChI is InChI=1S/C23H31N3O3/c1-15-19(24-23(29-15)16-8-6-5-7-9-16)12-22(27)26-13-17-10-20(25(2)3)21(28-4)11-18(17)14-26/h5-9,17-18,20-21H,10-14H2,1-4H3/t17-,18+,20-,21-/m1/s1. The zero-order valence-electron chi connectivity index (χ0n) is 17.8. The summed E-state index contributed by atoms with van der Waals surface area (Å²) in [5.74, 6) is 2.53. The molecule has 2 aromatic rings. The van der Waals surface area contributed by atoms with Crippen molar-refractivity contribution in [2.24, 2.45) is 11.8 Å². The zero-order valence-corrected chi connectivity index (χ0v) is 17.8. The van der Waals surface area contributed by atoms with E-state index in [4.69, 9.17) is 9.15 Å². The minimum absolute atomic E-state index is 0.144. The molecule has 2 fully saturated rings. The fourth-order valence-electron chi connectivity index (χ4n) is 4.94. The van der Waals surface area contributed by atoms with Gasteiger partial charge in [0.1, 0.15) is 5.76 Å². The smallest absolute Gasteiger partial charge is 0.228 e. The summed E-state index contributed by atoms with van der Waals surface area (Å²) in [7, 11) is 6.04. The minimum Gasteiger partial charge on any atom is -0.441 e. The van der Waals surface area contributed by atoms with E-state index in [1.54, 1.807) is 7.11 Å². The monoisotopic (exact) mass is 397 g/mol. The van der Waals surface area contributed by atoms with Gasteiger partial charge < -0.3 is 19.0 Å². The number of hydrogen-bond acceptors (Lipinski definition) is 5. The molecule has 1 amide bonds. The van der Waals surface area contributed by atoms with E-state index in [-0.39, 0.29) is 12.0 Å². The van der Waals surface area contributed by atoms with Crippen LogP contribution >= 0.6 is 0 Å². The van der Waals surface area contributed by atoms with Crippen molar-refractivity contribution in [3.05, 3.63) is 41.8 Å². The largest absolute Gasteiger partial charge is 0.441 e. The number of hydrogen-bond donors (Lipinski definition) is 0. The number of methoxy groups -OCH3 is 1. The van der Waals surface area contributed by atoms with E-state index < -0.39 is 0 Å². The first kappa shape index (κ1) is 20.1. The van der Waals surface area contributed by atoms with Gasteiger partial charge in [-0.25, -0.2) is 4.98 Å². The quantitative estimate of drug-likeness (QED) is 0.776. The highest BCUT2D eigenvalue weighted by molar-refractivity contribution is 5.79. The molecule has 1 saturated heterocycles. The number of nitrogens with zero attached hydrogens (tertiary/aromatic N) is 3. The Bertz CT molecular complexity index is 848. The van der Waals surface area contributed by atoms with E-state index in [0.717, 1.165) is 42.9 Å². The van der Waals surface area contributed by atoms with Gasteiger partial charge >= 0.3 is 0 Å². The van der Waals surface area contributed by atoms with Gasteiger partial charge in [0.25, 0.3) is 0 Å². The molecule has 0 spiro atoms. The predicted octanol–water partition coefficient (Wildman–Crippen LogP) is 3.01. The van der Waals surface area contributed by atoms with Gasteiger partial charge in [-0.05, 0) is 57.8 Å². The van der Waals surface area contributed by atoms with Crippen LogP contribution in [-0.2, 0) is 16.0 Å². The van der Waals surface area contributed by atoms with Crippen LogP contribution in [0.4, 0.5) is 0 Å². The average Bonchev–Trinajstić information content (AvgIpc) is 3.30. The van der Waals surface area contributed by atoms with Crippen LogP contribution < -0.4 is 0 Å². The lowest BCUT2D eigenvalue weighted by Crippen LogP contribution is -2.47. The van der Waals surface area contributed by atoms with Gasteiger partial charge in [-0.2, -0.15) is 0 Å². The Morgan fingerprint density at radius 3 is 2.55 bits per heavy atom. The molecule has 1 aliphatic carbocycles. The second-order valence-corrected chi connectivity index (χ2v) is 8.66. The first-order valence-corrected chi connectivity index (χ1v) is 10.4. The van der Waals surface area contributed by atoms with Crippen molar-refractivity contribution in [2.75, 3.05) is 34.3 Å². The maximum atomic E-state index is 13.0. The predicted molar refractivity (Wildman–Crippen MR) is 111 cm³/mol. The third-order valence-corrected chi connectivity index (χ3v) is 6.64. The van der Waals surface area contributed by atoms with Gasteiger partial charge in [-0.1, -0.05) is 18.2 Å². The SMILES string of the molecule is CO[C@@H]1C[C@H]2CN(C(=O)Cc3nc(-c4ccccc4)oc3C)C[C@H]2C[C@H]1N(C)C. The molecule has 0 unspecified atom stereocenters. The lowest BCUT2D eigenvalue weighted by atomic mass is 9.77. The van der Waals surface area contributed by atoms with Crippen LogP contribution in [0.2, 0.25) is 0 Å². The number of oxazole rings is 1. The third-order valence-electron chi connectivity index (χ3n) is 6.64. The molecule has 4 atom stereocenters. The molecular weight excluding hydrogens is 366 g/mol. The first-order chi connectivity index (χ1) is 14.0. The Balaban J connectivity index is 1.42. The maximum Gasteiger partial charge on any atom is 0.228 e. The number of rotatable bonds is 5. The molecule has 6 heteroatoms. The van der Waals surface area contributed by atoms with E-state index in [1.165, 1.54) is 0 Å². The molecule has 4 rings (SSSR count). The van der Waals surface area contributed by atoms with E-state index in [2.05, 4.69) is 24.0 Å². The summed E-state index contributed by atoms with van der Waals surface area (Å²) in [5.41, 5.74) is 1.67. The number of fused-ring (bicyclic) bond motifs is 1. The summed E-state index contributed by atoms with van der Waals surface area (Å²) < 4.78 is 11.6. The maximum absolute atomic E-state index is 13.0. The Labute approximate surface area is 172 Å². The van der Waals surface area contributed by atoms with Crippen LogP contribution in [0.3, 0.4) is 0 Å². The van der Waals surface area contributed by atoms with Gasteiger partial charge in [-0.15, -0.1) is 0 Å². The molecule has 0 bridgehead atoms. The number of likely N-dealkylation sites (N-methyl/N-ethyl adjacent to an activating group) is 1. The molecule has 1 aliphatic heterocycles. The van der Waals surface area contributed by atoms with Crippen molar-refractivity contribution in [2.45, 2.75) is 38.3 Å². The molecule has 0 N–H and O–H groups in total. The van der Waals surface area contributed by atoms with Crippen molar-refractivity contribution in [1.82, 2.24) is 14.8 Å². The molecule has 1 aromatic heterocycles. The Morgan fingerprint density at radius 1 is 1.21 bits per heavy atom. The molecule has 29 heavy (non-hydrogen) atoms. The number of amides is 1. The lowest BCUT2D eigenvalue weighted by Gasteiger charge is -2.40. The summed E-state index contributed by atoms with van der Waals surface area (Å²) >= 11 is 0. The molecular formula is C23H31N3O3. The van der Waals surface area contributed by atoms with Gasteiger partial charge in [0.05, 0.1) is 18.2 Å². The molecule has 6 nitrogen and oxygen atoms in total. The van der Waals surface area contributed by atoms with Crippen molar-refractivity contribution >= 4 is 5.91 Å². The second-order valence-electron chi connectivity index (χ2n) is 8.66. The number of carbonyl (C=O) groups excluding carboxylic acids is 1. The lowest BCUT2D eigenvalue weighted by molar-refractivity contribution is -0.129. The van der Waals surface area contributed by atoms with E-state index >= 15 is 0 Å². The molecule has 1 aromatic carbocycles. The number of ether oxygens (including phenoxy) is 1. The number of aryl methyl sites for hydroxylation is 1. The van der Waals surface area contributed by atoms with Crippen molar-refractivity contribution < 1.29 is 13.9 Å². The summed E-state index contributed by atoms with van der Waals surface area (Å²) in [6, 6.07) is 10.2. The Morgan fingerprint density at radius 2 is 1.90 bits per heavy atom. The van der Waals surface area contributed by atoms with Gasteiger partial charge in [0.15, 0.2) is 0 Å². The van der Waals surface area contributed by atoms with Gasteiger partial charge in [0, 0.05) is 31.8 Å². The van der Waals surface area contributed by atoms with Crippen LogP contribution in [0.5, 0.6) is 0 Å². The summed E-state index contributed by atoms with van der Waals surface area (Å²) in [6.07, 6.45) is 2.65. The molecule has 1 saturated carbocycles. The van der Waals surface area contributed by atoms with Crippen LogP contribution in [0, 0.1) is 18.8 Å². The van der Waals surface area contributed by atoms with Crippen LogP contribution in [-0.4, -0.2) is 67.1 Å². The Hall–Kier alpha value is -2.18. The number of aromatic nitrogens is 1. The van der Waals surface area contributed by atoms with Crippen molar-refractivity contribution in [1.29, 1.82) is 0 Å². The fourth-order valence-corrected chi connectivity index (χ4v) is 4.94. The second kappa shape index (κ2) is 8.28. The zero-order chi connectivity index (χ0) is 20.5. The van der Waals surface area contributed by atoms with E-state index in [9.17, 15) is 4.79 Å². The molecule has 2 heterocycles. The fraction of sp³-hybridized carbons (Fsp3) is 0.565. The van der Waals surface area contributed by atoms with Gasteiger partial charge in [-0.3, -0.25) is 4.79 Å². The van der Waals surface area contributed by atoms with E-state index in [1.807, 2.05) is 42.2 Å². The number of likely N-dealkylation sites (tertiary alicyclic amines) is 1. The highest BCUT2D eigenvalue weighted by Gasteiger charge is 2.44. The summed E-state index contributed by atoms with van der Waals surface area (Å²) in [4.78, 5) is 21.9. The van der Waals surface area contributed by atoms with Crippen LogP contribution in [0.25, 0.3) is 11.5 Å². The molecule has 156 valence electrons. The number of benzene rings is 1. The van der Waals surface area contributed by atoms with E-state index in [0.29, 0.717) is 30.2 Å². The highest BCUT2D eigenvalue weighted by Crippen LogP contribution is 2.39. The minimum atomic E-state index is 0.144. The molecule has 0 radical (unpaired) electrons. The van der Waals surface area contributed by atoms with Crippen molar-refractivity contribution in [3.63, 3.8) is 0 Å². The highest BCUT2D eigenvalue weighted by atomic mass is 16.5. The first-order valence-electron chi connectivity index (χ1n) is 10.4. The summed E-state index contributed by atoms with van der Waals surface area (Å²) in [5, 5.41) is 0. The van der Waals surface area contributed by atoms with Crippen LogP contribution in [0.1, 0.15) is 24.3 Å². The number of carbonyl (C=O) groups is 1. The normalized spacial score (nSPS) is 26.7. The van der Waals surface area contributed by atoms with Crippen molar-refractivity contribution in [3.8, 4) is 11.5 Å².